The average Bonchev–Trinajstić information content (AvgIpc) is 2.43. The van der Waals surface area contributed by atoms with Crippen LogP contribution in [0.3, 0.4) is 0 Å². The zero-order chi connectivity index (χ0) is 16.8. The van der Waals surface area contributed by atoms with Crippen LogP contribution in [0.4, 0.5) is 0 Å². The van der Waals surface area contributed by atoms with Gasteiger partial charge in [0.2, 0.25) is 10.0 Å². The fraction of sp³-hybridized carbons (Fsp3) is 0.867. The molecule has 0 spiro atoms. The first-order valence-corrected chi connectivity index (χ1v) is 9.46. The van der Waals surface area contributed by atoms with Crippen molar-refractivity contribution in [2.75, 3.05) is 12.3 Å². The molecule has 1 aliphatic rings. The summed E-state index contributed by atoms with van der Waals surface area (Å²) in [5.74, 6) is -1.79. The van der Waals surface area contributed by atoms with Crippen molar-refractivity contribution < 1.29 is 18.3 Å². The molecular weight excluding hydrogens is 304 g/mol. The van der Waals surface area contributed by atoms with Crippen LogP contribution in [-0.4, -0.2) is 31.8 Å². The lowest BCUT2D eigenvalue weighted by atomic mass is 9.77. The summed E-state index contributed by atoms with van der Waals surface area (Å²) < 4.78 is 26.8. The molecule has 0 aromatic rings. The van der Waals surface area contributed by atoms with Gasteiger partial charge in [0.05, 0.1) is 23.2 Å². The van der Waals surface area contributed by atoms with Gasteiger partial charge in [-0.25, -0.2) is 13.1 Å². The van der Waals surface area contributed by atoms with E-state index in [9.17, 15) is 18.5 Å². The highest BCUT2D eigenvalue weighted by atomic mass is 32.2. The number of nitrogens with one attached hydrogen (secondary N) is 1. The molecule has 126 valence electrons. The van der Waals surface area contributed by atoms with Gasteiger partial charge in [0.15, 0.2) is 0 Å². The van der Waals surface area contributed by atoms with Crippen molar-refractivity contribution >= 4 is 16.0 Å². The molecular formula is C15H26N2O4S. The van der Waals surface area contributed by atoms with Crippen LogP contribution in [0.2, 0.25) is 0 Å². The van der Waals surface area contributed by atoms with Crippen LogP contribution in [0.1, 0.15) is 52.4 Å². The number of carboxylic acid groups (broad SMARTS) is 1. The second-order valence-electron chi connectivity index (χ2n) is 6.73. The predicted octanol–water partition coefficient (Wildman–Crippen LogP) is 2.13. The Kier molecular flexibility index (Phi) is 6.82. The molecule has 0 aromatic heterocycles. The third-order valence-corrected chi connectivity index (χ3v) is 5.71. The van der Waals surface area contributed by atoms with E-state index in [2.05, 4.69) is 10.8 Å². The first-order chi connectivity index (χ1) is 10.2. The number of nitriles is 1. The van der Waals surface area contributed by atoms with Gasteiger partial charge in [0, 0.05) is 6.54 Å². The van der Waals surface area contributed by atoms with Gasteiger partial charge in [-0.05, 0) is 25.2 Å². The van der Waals surface area contributed by atoms with E-state index in [1.807, 2.05) is 13.8 Å². The Morgan fingerprint density at radius 2 is 1.91 bits per heavy atom. The summed E-state index contributed by atoms with van der Waals surface area (Å²) in [5, 5.41) is 18.5. The fourth-order valence-corrected chi connectivity index (χ4v) is 4.64. The molecule has 0 amide bonds. The van der Waals surface area contributed by atoms with Crippen LogP contribution < -0.4 is 4.72 Å². The van der Waals surface area contributed by atoms with E-state index in [-0.39, 0.29) is 18.2 Å². The van der Waals surface area contributed by atoms with E-state index in [1.54, 1.807) is 0 Å². The highest BCUT2D eigenvalue weighted by Crippen LogP contribution is 2.36. The summed E-state index contributed by atoms with van der Waals surface area (Å²) in [6.07, 6.45) is 4.38. The number of nitrogens with zero attached hydrogens (tertiary/aromatic N) is 1. The molecule has 0 radical (unpaired) electrons. The quantitative estimate of drug-likeness (QED) is 0.709. The minimum Gasteiger partial charge on any atom is -0.481 e. The highest BCUT2D eigenvalue weighted by molar-refractivity contribution is 7.89. The van der Waals surface area contributed by atoms with Crippen molar-refractivity contribution in [1.29, 1.82) is 5.26 Å². The van der Waals surface area contributed by atoms with E-state index < -0.39 is 27.3 Å². The number of aliphatic carboxylic acids is 1. The van der Waals surface area contributed by atoms with Crippen LogP contribution in [-0.2, 0) is 14.8 Å². The van der Waals surface area contributed by atoms with Crippen LogP contribution in [0.15, 0.2) is 0 Å². The smallest absolute Gasteiger partial charge is 0.307 e. The Morgan fingerprint density at radius 3 is 2.36 bits per heavy atom. The maximum absolute atomic E-state index is 12.2. The molecule has 1 unspecified atom stereocenters. The highest BCUT2D eigenvalue weighted by Gasteiger charge is 2.37. The Balaban J connectivity index is 2.66. The van der Waals surface area contributed by atoms with Crippen molar-refractivity contribution in [2.45, 2.75) is 52.4 Å². The summed E-state index contributed by atoms with van der Waals surface area (Å²) in [4.78, 5) is 11.2. The van der Waals surface area contributed by atoms with Crippen molar-refractivity contribution in [2.24, 2.45) is 17.3 Å². The lowest BCUT2D eigenvalue weighted by Crippen LogP contribution is -2.40. The molecule has 0 aliphatic heterocycles. The van der Waals surface area contributed by atoms with E-state index >= 15 is 0 Å². The SMILES string of the molecule is CC(C)CC(CNS(=O)(=O)CC1(C#N)CCCCC1)C(=O)O. The predicted molar refractivity (Wildman–Crippen MR) is 83.5 cm³/mol. The number of sulfonamides is 1. The number of carbonyl (C=O) groups is 1. The molecule has 22 heavy (non-hydrogen) atoms. The zero-order valence-corrected chi connectivity index (χ0v) is 14.2. The molecule has 2 N–H and O–H groups in total. The summed E-state index contributed by atoms with van der Waals surface area (Å²) in [5.41, 5.74) is -0.819. The standard InChI is InChI=1S/C15H26N2O4S/c1-12(2)8-13(14(18)19)9-17-22(20,21)11-15(10-16)6-4-3-5-7-15/h12-13,17H,3-9,11H2,1-2H3,(H,18,19). The van der Waals surface area contributed by atoms with Gasteiger partial charge >= 0.3 is 5.97 Å². The summed E-state index contributed by atoms with van der Waals surface area (Å²) in [6.45, 7) is 3.69. The molecule has 1 saturated carbocycles. The van der Waals surface area contributed by atoms with Gasteiger partial charge in [-0.3, -0.25) is 4.79 Å². The molecule has 1 fully saturated rings. The topological polar surface area (TPSA) is 107 Å². The van der Waals surface area contributed by atoms with Crippen molar-refractivity contribution in [3.8, 4) is 6.07 Å². The van der Waals surface area contributed by atoms with Crippen molar-refractivity contribution in [1.82, 2.24) is 4.72 Å². The molecule has 1 rings (SSSR count). The van der Waals surface area contributed by atoms with Gasteiger partial charge in [0.25, 0.3) is 0 Å². The maximum Gasteiger partial charge on any atom is 0.307 e. The number of rotatable bonds is 8. The summed E-state index contributed by atoms with van der Waals surface area (Å²) in [6, 6.07) is 2.18. The molecule has 0 heterocycles. The number of hydrogen-bond acceptors (Lipinski definition) is 4. The lowest BCUT2D eigenvalue weighted by molar-refractivity contribution is -0.142. The van der Waals surface area contributed by atoms with Crippen LogP contribution in [0, 0.1) is 28.6 Å². The maximum atomic E-state index is 12.2. The Labute approximate surface area is 133 Å². The van der Waals surface area contributed by atoms with E-state index in [0.717, 1.165) is 19.3 Å². The Bertz CT molecular complexity index is 516. The molecule has 0 aromatic carbocycles. The van der Waals surface area contributed by atoms with Gasteiger partial charge in [-0.1, -0.05) is 33.1 Å². The lowest BCUT2D eigenvalue weighted by Gasteiger charge is -2.30. The van der Waals surface area contributed by atoms with Crippen molar-refractivity contribution in [3.05, 3.63) is 0 Å². The largest absolute Gasteiger partial charge is 0.481 e. The zero-order valence-electron chi connectivity index (χ0n) is 13.3. The molecule has 6 nitrogen and oxygen atoms in total. The Morgan fingerprint density at radius 1 is 1.32 bits per heavy atom. The second kappa shape index (κ2) is 7.93. The van der Waals surface area contributed by atoms with Crippen LogP contribution >= 0.6 is 0 Å². The van der Waals surface area contributed by atoms with Crippen molar-refractivity contribution in [3.63, 3.8) is 0 Å². The molecule has 0 bridgehead atoms. The van der Waals surface area contributed by atoms with E-state index in [1.165, 1.54) is 0 Å². The van der Waals surface area contributed by atoms with Gasteiger partial charge in [-0.15, -0.1) is 0 Å². The van der Waals surface area contributed by atoms with Crippen LogP contribution in [0.5, 0.6) is 0 Å². The van der Waals surface area contributed by atoms with E-state index in [4.69, 9.17) is 5.11 Å². The summed E-state index contributed by atoms with van der Waals surface area (Å²) in [7, 11) is -3.65. The number of carboxylic acids is 1. The average molecular weight is 330 g/mol. The van der Waals surface area contributed by atoms with Crippen LogP contribution in [0.25, 0.3) is 0 Å². The Hall–Kier alpha value is -1.13. The molecule has 1 aliphatic carbocycles. The first kappa shape index (κ1) is 18.9. The monoisotopic (exact) mass is 330 g/mol. The second-order valence-corrected chi connectivity index (χ2v) is 8.53. The van der Waals surface area contributed by atoms with Gasteiger partial charge < -0.3 is 5.11 Å². The van der Waals surface area contributed by atoms with Gasteiger partial charge in [-0.2, -0.15) is 5.26 Å². The first-order valence-electron chi connectivity index (χ1n) is 7.81. The number of hydrogen-bond donors (Lipinski definition) is 2. The minimum absolute atomic E-state index is 0.114. The third kappa shape index (κ3) is 5.93. The minimum atomic E-state index is -3.65. The van der Waals surface area contributed by atoms with E-state index in [0.29, 0.717) is 19.3 Å². The normalized spacial score (nSPS) is 19.5. The fourth-order valence-electron chi connectivity index (χ4n) is 3.00. The third-order valence-electron chi connectivity index (χ3n) is 4.17. The molecule has 0 saturated heterocycles. The summed E-state index contributed by atoms with van der Waals surface area (Å²) >= 11 is 0. The molecule has 1 atom stereocenters. The molecule has 7 heteroatoms. The van der Waals surface area contributed by atoms with Gasteiger partial charge in [0.1, 0.15) is 0 Å².